The highest BCUT2D eigenvalue weighted by molar-refractivity contribution is 5.84. The van der Waals surface area contributed by atoms with Gasteiger partial charge >= 0.3 is 0 Å². The predicted octanol–water partition coefficient (Wildman–Crippen LogP) is 2.95. The van der Waals surface area contributed by atoms with Gasteiger partial charge in [-0.05, 0) is 18.3 Å². The van der Waals surface area contributed by atoms with Gasteiger partial charge in [0.15, 0.2) is 0 Å². The van der Waals surface area contributed by atoms with E-state index in [-0.39, 0.29) is 22.9 Å². The summed E-state index contributed by atoms with van der Waals surface area (Å²) in [6, 6.07) is 0. The molecule has 1 fully saturated rings. The first-order valence-corrected chi connectivity index (χ1v) is 6.70. The lowest BCUT2D eigenvalue weighted by Crippen LogP contribution is -2.57. The fraction of sp³-hybridized carbons (Fsp3) is 0.800. The SMILES string of the molecule is COCO[C@H]1C(C)(C)CC(=O)[C@H]2CC=CC[C@]21C. The van der Waals surface area contributed by atoms with Gasteiger partial charge in [0.1, 0.15) is 12.6 Å². The standard InChI is InChI=1S/C15H24O3/c1-14(2)9-12(16)11-7-5-6-8-15(11,3)13(14)18-10-17-4/h5-6,11,13H,7-10H2,1-4H3/t11-,13+,15-/m1/s1. The van der Waals surface area contributed by atoms with E-state index in [0.29, 0.717) is 19.0 Å². The molecule has 1 saturated carbocycles. The Labute approximate surface area is 110 Å². The number of Topliss-reactive ketones (excluding diaryl/α,β-unsaturated/α-hetero) is 1. The Balaban J connectivity index is 2.32. The van der Waals surface area contributed by atoms with Crippen LogP contribution in [-0.2, 0) is 14.3 Å². The maximum Gasteiger partial charge on any atom is 0.146 e. The van der Waals surface area contributed by atoms with Crippen LogP contribution in [0, 0.1) is 16.7 Å². The smallest absolute Gasteiger partial charge is 0.146 e. The fourth-order valence-electron chi connectivity index (χ4n) is 3.88. The number of carbonyl (C=O) groups excluding carboxylic acids is 1. The number of ketones is 1. The molecule has 0 radical (unpaired) electrons. The number of rotatable bonds is 3. The summed E-state index contributed by atoms with van der Waals surface area (Å²) in [6.45, 7) is 6.75. The molecular weight excluding hydrogens is 228 g/mol. The second-order valence-electron chi connectivity index (χ2n) is 6.55. The van der Waals surface area contributed by atoms with E-state index in [4.69, 9.17) is 9.47 Å². The molecule has 2 rings (SSSR count). The summed E-state index contributed by atoms with van der Waals surface area (Å²) >= 11 is 0. The Morgan fingerprint density at radius 1 is 1.33 bits per heavy atom. The van der Waals surface area contributed by atoms with Crippen molar-refractivity contribution in [3.63, 3.8) is 0 Å². The molecule has 0 aliphatic heterocycles. The zero-order valence-corrected chi connectivity index (χ0v) is 11.9. The van der Waals surface area contributed by atoms with Gasteiger partial charge in [0.05, 0.1) is 6.10 Å². The first-order chi connectivity index (χ1) is 8.42. The number of hydrogen-bond donors (Lipinski definition) is 0. The van der Waals surface area contributed by atoms with Crippen LogP contribution in [-0.4, -0.2) is 25.8 Å². The van der Waals surface area contributed by atoms with Crippen molar-refractivity contribution < 1.29 is 14.3 Å². The Hall–Kier alpha value is -0.670. The molecule has 3 atom stereocenters. The van der Waals surface area contributed by atoms with Crippen LogP contribution in [0.5, 0.6) is 0 Å². The molecule has 0 heterocycles. The van der Waals surface area contributed by atoms with E-state index < -0.39 is 0 Å². The monoisotopic (exact) mass is 252 g/mol. The number of carbonyl (C=O) groups is 1. The summed E-state index contributed by atoms with van der Waals surface area (Å²) in [6.07, 6.45) is 6.77. The third kappa shape index (κ3) is 2.14. The van der Waals surface area contributed by atoms with Gasteiger partial charge in [-0.1, -0.05) is 32.9 Å². The minimum atomic E-state index is -0.119. The summed E-state index contributed by atoms with van der Waals surface area (Å²) in [7, 11) is 1.64. The van der Waals surface area contributed by atoms with E-state index in [2.05, 4.69) is 32.9 Å². The summed E-state index contributed by atoms with van der Waals surface area (Å²) in [5.74, 6) is 0.501. The highest BCUT2D eigenvalue weighted by Gasteiger charge is 2.56. The van der Waals surface area contributed by atoms with Gasteiger partial charge in [0, 0.05) is 24.9 Å². The Morgan fingerprint density at radius 3 is 2.72 bits per heavy atom. The fourth-order valence-corrected chi connectivity index (χ4v) is 3.88. The molecule has 0 unspecified atom stereocenters. The van der Waals surface area contributed by atoms with Crippen molar-refractivity contribution in [2.45, 2.75) is 46.1 Å². The van der Waals surface area contributed by atoms with Crippen molar-refractivity contribution in [3.8, 4) is 0 Å². The molecule has 0 saturated heterocycles. The number of hydrogen-bond acceptors (Lipinski definition) is 3. The number of ether oxygens (including phenoxy) is 2. The molecule has 0 aromatic heterocycles. The molecule has 3 heteroatoms. The van der Waals surface area contributed by atoms with Crippen LogP contribution < -0.4 is 0 Å². The normalized spacial score (nSPS) is 38.6. The van der Waals surface area contributed by atoms with Crippen molar-refractivity contribution in [1.29, 1.82) is 0 Å². The largest absolute Gasteiger partial charge is 0.359 e. The first kappa shape index (κ1) is 13.8. The zero-order chi connectivity index (χ0) is 13.4. The molecule has 0 aromatic rings. The molecule has 2 aliphatic rings. The van der Waals surface area contributed by atoms with Crippen LogP contribution >= 0.6 is 0 Å². The van der Waals surface area contributed by atoms with Crippen LogP contribution in [0.3, 0.4) is 0 Å². The minimum absolute atomic E-state index is 0.0672. The molecule has 2 aliphatic carbocycles. The summed E-state index contributed by atoms with van der Waals surface area (Å²) in [4.78, 5) is 12.3. The van der Waals surface area contributed by atoms with Gasteiger partial charge in [-0.25, -0.2) is 0 Å². The zero-order valence-electron chi connectivity index (χ0n) is 11.9. The lowest BCUT2D eigenvalue weighted by molar-refractivity contribution is -0.194. The van der Waals surface area contributed by atoms with E-state index >= 15 is 0 Å². The van der Waals surface area contributed by atoms with Gasteiger partial charge in [-0.2, -0.15) is 0 Å². The lowest BCUT2D eigenvalue weighted by atomic mass is 9.53. The molecule has 18 heavy (non-hydrogen) atoms. The van der Waals surface area contributed by atoms with E-state index in [9.17, 15) is 4.79 Å². The van der Waals surface area contributed by atoms with Crippen molar-refractivity contribution in [2.24, 2.45) is 16.7 Å². The Morgan fingerprint density at radius 2 is 2.06 bits per heavy atom. The maximum atomic E-state index is 12.3. The van der Waals surface area contributed by atoms with Crippen LogP contribution in [0.15, 0.2) is 12.2 Å². The number of methoxy groups -OCH3 is 1. The second-order valence-corrected chi connectivity index (χ2v) is 6.55. The first-order valence-electron chi connectivity index (χ1n) is 6.70. The third-order valence-electron chi connectivity index (χ3n) is 4.57. The molecule has 0 amide bonds. The van der Waals surface area contributed by atoms with Crippen LogP contribution in [0.25, 0.3) is 0 Å². The van der Waals surface area contributed by atoms with Crippen molar-refractivity contribution in [3.05, 3.63) is 12.2 Å². The molecule has 0 aromatic carbocycles. The third-order valence-corrected chi connectivity index (χ3v) is 4.57. The lowest BCUT2D eigenvalue weighted by Gasteiger charge is -2.54. The second kappa shape index (κ2) is 4.78. The van der Waals surface area contributed by atoms with Crippen LogP contribution in [0.2, 0.25) is 0 Å². The molecule has 0 spiro atoms. The summed E-state index contributed by atoms with van der Waals surface area (Å²) in [5, 5.41) is 0. The minimum Gasteiger partial charge on any atom is -0.359 e. The van der Waals surface area contributed by atoms with E-state index in [1.165, 1.54) is 0 Å². The van der Waals surface area contributed by atoms with Gasteiger partial charge in [0.2, 0.25) is 0 Å². The summed E-state index contributed by atoms with van der Waals surface area (Å²) in [5.41, 5.74) is -0.210. The van der Waals surface area contributed by atoms with E-state index in [0.717, 1.165) is 12.8 Å². The highest BCUT2D eigenvalue weighted by atomic mass is 16.7. The Kier molecular flexibility index (Phi) is 3.65. The average molecular weight is 252 g/mol. The van der Waals surface area contributed by atoms with Crippen molar-refractivity contribution in [1.82, 2.24) is 0 Å². The topological polar surface area (TPSA) is 35.5 Å². The predicted molar refractivity (Wildman–Crippen MR) is 70.1 cm³/mol. The average Bonchev–Trinajstić information content (AvgIpc) is 2.27. The maximum absolute atomic E-state index is 12.3. The van der Waals surface area contributed by atoms with Crippen LogP contribution in [0.1, 0.15) is 40.0 Å². The Bertz CT molecular complexity index is 359. The van der Waals surface area contributed by atoms with Crippen molar-refractivity contribution >= 4 is 5.78 Å². The van der Waals surface area contributed by atoms with Gasteiger partial charge in [0.25, 0.3) is 0 Å². The van der Waals surface area contributed by atoms with Gasteiger partial charge in [-0.15, -0.1) is 0 Å². The molecular formula is C15H24O3. The van der Waals surface area contributed by atoms with Gasteiger partial charge < -0.3 is 9.47 Å². The molecule has 0 N–H and O–H groups in total. The van der Waals surface area contributed by atoms with Crippen molar-refractivity contribution in [2.75, 3.05) is 13.9 Å². The van der Waals surface area contributed by atoms with E-state index in [1.54, 1.807) is 7.11 Å². The summed E-state index contributed by atoms with van der Waals surface area (Å²) < 4.78 is 11.0. The van der Waals surface area contributed by atoms with Crippen LogP contribution in [0.4, 0.5) is 0 Å². The molecule has 3 nitrogen and oxygen atoms in total. The molecule has 0 bridgehead atoms. The van der Waals surface area contributed by atoms with E-state index in [1.807, 2.05) is 0 Å². The number of allylic oxidation sites excluding steroid dienone is 2. The quantitative estimate of drug-likeness (QED) is 0.572. The highest BCUT2D eigenvalue weighted by Crippen LogP contribution is 2.54. The number of fused-ring (bicyclic) bond motifs is 1. The van der Waals surface area contributed by atoms with Gasteiger partial charge in [-0.3, -0.25) is 4.79 Å². The molecule has 102 valence electrons.